The second kappa shape index (κ2) is 7.77. The lowest BCUT2D eigenvalue weighted by molar-refractivity contribution is -0.146. The molecule has 0 spiro atoms. The maximum absolute atomic E-state index is 12.6. The molecule has 3 aromatic carbocycles. The average molecular weight is 442 g/mol. The van der Waals surface area contributed by atoms with Gasteiger partial charge in [-0.3, -0.25) is 4.79 Å². The third-order valence-corrected chi connectivity index (χ3v) is 5.91. The van der Waals surface area contributed by atoms with E-state index in [0.29, 0.717) is 16.5 Å². The Balaban J connectivity index is 1.69. The molecule has 32 heavy (non-hydrogen) atoms. The molecule has 0 fully saturated rings. The summed E-state index contributed by atoms with van der Waals surface area (Å²) in [5.41, 5.74) is 2.85. The molecule has 1 atom stereocenters. The summed E-state index contributed by atoms with van der Waals surface area (Å²) in [4.78, 5) is 17.4. The van der Waals surface area contributed by atoms with E-state index in [-0.39, 0.29) is 5.91 Å². The van der Waals surface area contributed by atoms with Crippen molar-refractivity contribution in [1.29, 1.82) is 0 Å². The number of nitrogens with zero attached hydrogens (tertiary/aromatic N) is 3. The van der Waals surface area contributed by atoms with E-state index in [4.69, 9.17) is 21.3 Å². The number of carbonyl (C=O) groups excluding carboxylic acids is 1. The van der Waals surface area contributed by atoms with Crippen molar-refractivity contribution >= 4 is 34.3 Å². The summed E-state index contributed by atoms with van der Waals surface area (Å²) >= 11 is 6.48. The van der Waals surface area contributed by atoms with Gasteiger partial charge in [0.25, 0.3) is 0 Å². The topological polar surface area (TPSA) is 54.8 Å². The van der Waals surface area contributed by atoms with Crippen LogP contribution in [-0.4, -0.2) is 21.8 Å². The first-order chi connectivity index (χ1) is 15.5. The summed E-state index contributed by atoms with van der Waals surface area (Å²) < 4.78 is 6.42. The highest BCUT2D eigenvalue weighted by Crippen LogP contribution is 2.40. The Bertz CT molecular complexity index is 1370. The average Bonchev–Trinajstić information content (AvgIpc) is 3.17. The molecule has 5 nitrogen and oxygen atoms in total. The van der Waals surface area contributed by atoms with Crippen LogP contribution in [0.3, 0.4) is 0 Å². The van der Waals surface area contributed by atoms with Crippen LogP contribution in [-0.2, 0) is 15.3 Å². The Labute approximate surface area is 190 Å². The van der Waals surface area contributed by atoms with Crippen molar-refractivity contribution in [3.63, 3.8) is 0 Å². The number of hydrogen-bond donors (Lipinski definition) is 0. The number of carbonyl (C=O) groups is 1. The number of hydrazone groups is 1. The molecule has 1 aliphatic heterocycles. The predicted molar refractivity (Wildman–Crippen MR) is 126 cm³/mol. The van der Waals surface area contributed by atoms with Crippen molar-refractivity contribution < 1.29 is 9.53 Å². The first-order valence-corrected chi connectivity index (χ1v) is 10.6. The van der Waals surface area contributed by atoms with Gasteiger partial charge in [0.2, 0.25) is 17.5 Å². The molecule has 0 unspecified atom stereocenters. The lowest BCUT2D eigenvalue weighted by atomic mass is 10.0. The number of fused-ring (bicyclic) bond motifs is 1. The van der Waals surface area contributed by atoms with E-state index in [0.717, 1.165) is 27.7 Å². The molecule has 0 saturated heterocycles. The van der Waals surface area contributed by atoms with Crippen molar-refractivity contribution in [2.45, 2.75) is 19.6 Å². The lowest BCUT2D eigenvalue weighted by Gasteiger charge is -2.31. The van der Waals surface area contributed by atoms with Gasteiger partial charge in [-0.15, -0.1) is 5.10 Å². The molecular weight excluding hydrogens is 422 g/mol. The smallest absolute Gasteiger partial charge is 0.243 e. The standard InChI is InChI=1S/C26H20ClN3O2/c1-17(31)30-26(2,21-13-7-8-14-22(21)27)32-25(29-30)20-16-24(18-10-4-3-5-11-18)28-23-15-9-6-12-19(20)23/h3-16H,1-2H3/t26-/m0/s1. The van der Waals surface area contributed by atoms with Gasteiger partial charge in [-0.05, 0) is 18.2 Å². The van der Waals surface area contributed by atoms with Crippen molar-refractivity contribution in [3.05, 3.63) is 101 Å². The highest BCUT2D eigenvalue weighted by Gasteiger charge is 2.46. The number of ether oxygens (including phenoxy) is 1. The molecule has 5 rings (SSSR count). The van der Waals surface area contributed by atoms with E-state index in [1.165, 1.54) is 11.9 Å². The zero-order valence-corrected chi connectivity index (χ0v) is 18.4. The molecule has 1 amide bonds. The monoisotopic (exact) mass is 441 g/mol. The molecular formula is C26H20ClN3O2. The van der Waals surface area contributed by atoms with Crippen LogP contribution >= 0.6 is 11.6 Å². The van der Waals surface area contributed by atoms with E-state index in [1.54, 1.807) is 13.0 Å². The summed E-state index contributed by atoms with van der Waals surface area (Å²) in [6.07, 6.45) is 0. The van der Waals surface area contributed by atoms with Crippen LogP contribution < -0.4 is 0 Å². The maximum atomic E-state index is 12.6. The summed E-state index contributed by atoms with van der Waals surface area (Å²) in [6.45, 7) is 3.26. The molecule has 1 aromatic heterocycles. The van der Waals surface area contributed by atoms with Crippen LogP contribution in [0.25, 0.3) is 22.2 Å². The summed E-state index contributed by atoms with van der Waals surface area (Å²) in [7, 11) is 0. The highest BCUT2D eigenvalue weighted by atomic mass is 35.5. The van der Waals surface area contributed by atoms with Gasteiger partial charge < -0.3 is 4.74 Å². The van der Waals surface area contributed by atoms with Gasteiger partial charge >= 0.3 is 0 Å². The number of aromatic nitrogens is 1. The lowest BCUT2D eigenvalue weighted by Crippen LogP contribution is -2.41. The van der Waals surface area contributed by atoms with E-state index in [2.05, 4.69) is 5.10 Å². The van der Waals surface area contributed by atoms with Crippen LogP contribution in [0, 0.1) is 0 Å². The Morgan fingerprint density at radius 1 is 0.969 bits per heavy atom. The van der Waals surface area contributed by atoms with E-state index >= 15 is 0 Å². The van der Waals surface area contributed by atoms with E-state index in [9.17, 15) is 4.79 Å². The van der Waals surface area contributed by atoms with Crippen molar-refractivity contribution in [1.82, 2.24) is 9.99 Å². The first kappa shape index (κ1) is 20.2. The molecule has 0 saturated carbocycles. The Hall–Kier alpha value is -3.70. The Morgan fingerprint density at radius 3 is 2.41 bits per heavy atom. The number of para-hydroxylation sites is 1. The third-order valence-electron chi connectivity index (χ3n) is 5.58. The SMILES string of the molecule is CC(=O)N1N=C(c2cc(-c3ccccc3)nc3ccccc23)O[C@@]1(C)c1ccccc1Cl. The highest BCUT2D eigenvalue weighted by molar-refractivity contribution is 6.31. The first-order valence-electron chi connectivity index (χ1n) is 10.3. The van der Waals surface area contributed by atoms with Crippen LogP contribution in [0.15, 0.2) is 90.0 Å². The van der Waals surface area contributed by atoms with E-state index in [1.807, 2.05) is 78.9 Å². The minimum absolute atomic E-state index is 0.246. The number of amides is 1. The fraction of sp³-hybridized carbons (Fsp3) is 0.115. The van der Waals surface area contributed by atoms with Gasteiger partial charge in [0.05, 0.1) is 11.2 Å². The zero-order valence-electron chi connectivity index (χ0n) is 17.6. The van der Waals surface area contributed by atoms with Gasteiger partial charge in [-0.2, -0.15) is 5.01 Å². The molecule has 1 aliphatic rings. The molecule has 6 heteroatoms. The number of benzene rings is 3. The molecule has 158 valence electrons. The predicted octanol–water partition coefficient (Wildman–Crippen LogP) is 5.97. The molecule has 2 heterocycles. The summed E-state index contributed by atoms with van der Waals surface area (Å²) in [5.74, 6) is 0.0995. The Morgan fingerprint density at radius 2 is 1.66 bits per heavy atom. The van der Waals surface area contributed by atoms with Gasteiger partial charge in [-0.1, -0.05) is 78.3 Å². The van der Waals surface area contributed by atoms with Crippen LogP contribution in [0.2, 0.25) is 5.02 Å². The second-order valence-corrected chi connectivity index (χ2v) is 8.15. The van der Waals surface area contributed by atoms with Gasteiger partial charge in [0.1, 0.15) is 0 Å². The van der Waals surface area contributed by atoms with Crippen LogP contribution in [0.4, 0.5) is 0 Å². The molecule has 0 aliphatic carbocycles. The van der Waals surface area contributed by atoms with Crippen molar-refractivity contribution in [2.24, 2.45) is 5.10 Å². The van der Waals surface area contributed by atoms with Crippen LogP contribution in [0.5, 0.6) is 0 Å². The molecule has 0 radical (unpaired) electrons. The van der Waals surface area contributed by atoms with Crippen molar-refractivity contribution in [3.8, 4) is 11.3 Å². The number of rotatable bonds is 3. The normalized spacial score (nSPS) is 17.8. The number of pyridine rings is 1. The number of hydrogen-bond acceptors (Lipinski definition) is 4. The van der Waals surface area contributed by atoms with E-state index < -0.39 is 5.72 Å². The van der Waals surface area contributed by atoms with Gasteiger partial charge in [-0.25, -0.2) is 4.98 Å². The molecule has 0 bridgehead atoms. The molecule has 4 aromatic rings. The van der Waals surface area contributed by atoms with Crippen molar-refractivity contribution in [2.75, 3.05) is 0 Å². The molecule has 0 N–H and O–H groups in total. The summed E-state index contributed by atoms with van der Waals surface area (Å²) in [6, 6.07) is 27.0. The fourth-order valence-electron chi connectivity index (χ4n) is 4.03. The largest absolute Gasteiger partial charge is 0.443 e. The minimum atomic E-state index is -1.17. The second-order valence-electron chi connectivity index (χ2n) is 7.74. The minimum Gasteiger partial charge on any atom is -0.443 e. The summed E-state index contributed by atoms with van der Waals surface area (Å²) in [5, 5.41) is 7.34. The zero-order chi connectivity index (χ0) is 22.3. The quantitative estimate of drug-likeness (QED) is 0.393. The Kier molecular flexibility index (Phi) is 4.91. The number of halogens is 1. The fourth-order valence-corrected chi connectivity index (χ4v) is 4.34. The van der Waals surface area contributed by atoms with Gasteiger partial charge in [0, 0.05) is 40.9 Å². The third kappa shape index (κ3) is 3.31. The van der Waals surface area contributed by atoms with Gasteiger partial charge in [0.15, 0.2) is 0 Å². The van der Waals surface area contributed by atoms with Crippen LogP contribution in [0.1, 0.15) is 25.0 Å². The maximum Gasteiger partial charge on any atom is 0.243 e.